The van der Waals surface area contributed by atoms with Gasteiger partial charge in [-0.05, 0) is 67.6 Å². The Balaban J connectivity index is 1.96. The first-order valence-electron chi connectivity index (χ1n) is 17.3. The molecule has 2 aromatic carbocycles. The smallest absolute Gasteiger partial charge is 0.166 e. The molecule has 1 saturated heterocycles. The maximum absolute atomic E-state index is 13.7. The molecule has 0 bridgehead atoms. The fraction of sp³-hybridized carbons (Fsp3) is 0.458. The summed E-state index contributed by atoms with van der Waals surface area (Å²) in [5.74, 6) is -8.40. The van der Waals surface area contributed by atoms with Crippen molar-refractivity contribution >= 4 is 5.78 Å². The monoisotopic (exact) mass is 397 g/mol. The maximum Gasteiger partial charge on any atom is 0.166 e. The van der Waals surface area contributed by atoms with Crippen molar-refractivity contribution < 1.29 is 38.9 Å². The van der Waals surface area contributed by atoms with Crippen LogP contribution in [0, 0.1) is 11.8 Å². The van der Waals surface area contributed by atoms with Crippen molar-refractivity contribution in [3.63, 3.8) is 0 Å². The van der Waals surface area contributed by atoms with Gasteiger partial charge < -0.3 is 9.47 Å². The fourth-order valence-corrected chi connectivity index (χ4v) is 2.80. The third-order valence-corrected chi connectivity index (χ3v) is 4.14. The zero-order chi connectivity index (χ0) is 35.5. The van der Waals surface area contributed by atoms with Crippen LogP contribution in [-0.4, -0.2) is 37.9 Å². The lowest BCUT2D eigenvalue weighted by molar-refractivity contribution is 0.0895. The van der Waals surface area contributed by atoms with E-state index in [1.54, 1.807) is 0 Å². The zero-order valence-corrected chi connectivity index (χ0v) is 15.1. The summed E-state index contributed by atoms with van der Waals surface area (Å²) >= 11 is 0. The van der Waals surface area contributed by atoms with E-state index < -0.39 is 110 Å². The second kappa shape index (κ2) is 8.36. The summed E-state index contributed by atoms with van der Waals surface area (Å²) < 4.78 is 165. The Bertz CT molecular complexity index is 1570. The summed E-state index contributed by atoms with van der Waals surface area (Å²) in [5, 5.41) is 0. The van der Waals surface area contributed by atoms with Crippen molar-refractivity contribution in [2.75, 3.05) is 27.2 Å². The predicted molar refractivity (Wildman–Crippen MR) is 110 cm³/mol. The van der Waals surface area contributed by atoms with Crippen LogP contribution in [0.3, 0.4) is 0 Å². The zero-order valence-electron chi connectivity index (χ0n) is 33.1. The molecule has 1 aliphatic carbocycles. The molecule has 1 aliphatic heterocycles. The molecule has 1 fully saturated rings. The summed E-state index contributed by atoms with van der Waals surface area (Å²) in [5.41, 5.74) is -1.64. The molecular formula is C24H29NO3. The Labute approximate surface area is 192 Å². The third-order valence-electron chi connectivity index (χ3n) is 4.14. The van der Waals surface area contributed by atoms with Crippen LogP contribution in [0.2, 0.25) is 0 Å². The van der Waals surface area contributed by atoms with Crippen molar-refractivity contribution in [1.82, 2.24) is 4.90 Å². The van der Waals surface area contributed by atoms with E-state index >= 15 is 0 Å². The molecule has 0 N–H and O–H groups in total. The maximum atomic E-state index is 13.7. The molecule has 1 atom stereocenters. The summed E-state index contributed by atoms with van der Waals surface area (Å²) in [4.78, 5) is 13.6. The van der Waals surface area contributed by atoms with Gasteiger partial charge in [-0.15, -0.1) is 0 Å². The number of Topliss-reactive ketones (excluding diaryl/α,β-unsaturated/α-hetero) is 1. The Morgan fingerprint density at radius 1 is 1.18 bits per heavy atom. The number of carbonyl (C=O) groups excluding carboxylic acids is 1. The molecular weight excluding hydrogens is 350 g/mol. The number of ketones is 1. The highest BCUT2D eigenvalue weighted by molar-refractivity contribution is 6.02. The minimum Gasteiger partial charge on any atom is -0.493 e. The molecule has 0 spiro atoms. The van der Waals surface area contributed by atoms with Crippen molar-refractivity contribution in [1.29, 1.82) is 0 Å². The van der Waals surface area contributed by atoms with Crippen LogP contribution in [0.5, 0.6) is 11.5 Å². The molecule has 28 heavy (non-hydrogen) atoms. The molecule has 148 valence electrons. The molecule has 2 aromatic rings. The van der Waals surface area contributed by atoms with Gasteiger partial charge in [0, 0.05) is 35.8 Å². The first kappa shape index (κ1) is 7.17. The van der Waals surface area contributed by atoms with E-state index in [1.807, 2.05) is 0 Å². The number of piperidine rings is 1. The highest BCUT2D eigenvalue weighted by Crippen LogP contribution is 2.39. The van der Waals surface area contributed by atoms with E-state index in [9.17, 15) is 4.79 Å². The largest absolute Gasteiger partial charge is 0.493 e. The van der Waals surface area contributed by atoms with E-state index in [-0.39, 0.29) is 16.4 Å². The van der Waals surface area contributed by atoms with E-state index in [0.717, 1.165) is 12.1 Å². The lowest BCUT2D eigenvalue weighted by atomic mass is 9.85. The number of fused-ring (bicyclic) bond motifs is 1. The average Bonchev–Trinajstić information content (AvgIpc) is 3.16. The molecule has 0 amide bonds. The highest BCUT2D eigenvalue weighted by atomic mass is 16.5. The van der Waals surface area contributed by atoms with E-state index in [1.165, 1.54) is 14.2 Å². The van der Waals surface area contributed by atoms with Crippen LogP contribution in [0.15, 0.2) is 42.3 Å². The van der Waals surface area contributed by atoms with Crippen LogP contribution >= 0.6 is 0 Å². The normalized spacial score (nSPS) is 40.2. The van der Waals surface area contributed by atoms with Gasteiger partial charge in [-0.2, -0.15) is 0 Å². The topological polar surface area (TPSA) is 38.8 Å². The van der Waals surface area contributed by atoms with Crippen molar-refractivity contribution in [2.24, 2.45) is 11.8 Å². The van der Waals surface area contributed by atoms with Gasteiger partial charge >= 0.3 is 0 Å². The van der Waals surface area contributed by atoms with Gasteiger partial charge in [0.25, 0.3) is 0 Å². The summed E-state index contributed by atoms with van der Waals surface area (Å²) in [7, 11) is 2.41. The van der Waals surface area contributed by atoms with Crippen molar-refractivity contribution in [3.8, 4) is 11.5 Å². The molecule has 0 aromatic heterocycles. The second-order valence-electron chi connectivity index (χ2n) is 5.88. The fourth-order valence-electron chi connectivity index (χ4n) is 2.80. The van der Waals surface area contributed by atoms with Crippen LogP contribution in [-0.2, 0) is 12.9 Å². The number of likely N-dealkylation sites (tertiary alicyclic amines) is 1. The van der Waals surface area contributed by atoms with Crippen LogP contribution in [0.4, 0.5) is 0 Å². The molecule has 4 heteroatoms. The minimum atomic E-state index is -4.22. The molecule has 1 unspecified atom stereocenters. The van der Waals surface area contributed by atoms with Gasteiger partial charge in [-0.3, -0.25) is 9.69 Å². The molecule has 0 saturated carbocycles. The highest BCUT2D eigenvalue weighted by Gasteiger charge is 2.34. The quantitative estimate of drug-likeness (QED) is 0.726. The van der Waals surface area contributed by atoms with Crippen molar-refractivity contribution in [2.45, 2.75) is 32.0 Å². The predicted octanol–water partition coefficient (Wildman–Crippen LogP) is 4.36. The van der Waals surface area contributed by atoms with Crippen LogP contribution in [0.1, 0.15) is 65.3 Å². The Hall–Kier alpha value is -2.33. The number of benzene rings is 2. The summed E-state index contributed by atoms with van der Waals surface area (Å²) in [6.07, 6.45) is -15.3. The van der Waals surface area contributed by atoms with E-state index in [4.69, 9.17) is 34.1 Å². The SMILES string of the molecule is [2H]c1c([2H])c([2H])c(CN2C([2H])([2H])C([2H])([2H])C([2H])(C([2H])([2H])C3C(=O)c4cc(OC)c(OC)cc4C3([2H])[2H])C([2H])([2H])C2([2H])[2H])c([2H])c1[2H]. The summed E-state index contributed by atoms with van der Waals surface area (Å²) in [6.45, 7) is -9.08. The average molecular weight is 398 g/mol. The van der Waals surface area contributed by atoms with Gasteiger partial charge in [-0.1, -0.05) is 30.2 Å². The Kier molecular flexibility index (Phi) is 2.14. The molecule has 0 radical (unpaired) electrons. The number of methoxy groups -OCH3 is 2. The lowest BCUT2D eigenvalue weighted by Gasteiger charge is -2.32. The molecule has 4 nitrogen and oxygen atoms in total. The van der Waals surface area contributed by atoms with Crippen molar-refractivity contribution in [3.05, 3.63) is 59.0 Å². The van der Waals surface area contributed by atoms with E-state index in [0.29, 0.717) is 0 Å². The van der Waals surface area contributed by atoms with Crippen LogP contribution in [0.25, 0.3) is 0 Å². The second-order valence-corrected chi connectivity index (χ2v) is 5.88. The molecule has 1 heterocycles. The Morgan fingerprint density at radius 2 is 1.86 bits per heavy atom. The number of hydrogen-bond donors (Lipinski definition) is 0. The first-order chi connectivity index (χ1) is 20.7. The lowest BCUT2D eigenvalue weighted by Crippen LogP contribution is -2.34. The van der Waals surface area contributed by atoms with Gasteiger partial charge in [-0.25, -0.2) is 0 Å². The Morgan fingerprint density at radius 3 is 2.54 bits per heavy atom. The van der Waals surface area contributed by atoms with Gasteiger partial charge in [0.15, 0.2) is 17.3 Å². The van der Waals surface area contributed by atoms with Gasteiger partial charge in [0.1, 0.15) is 0 Å². The number of ether oxygens (including phenoxy) is 2. The van der Waals surface area contributed by atoms with Gasteiger partial charge in [0.05, 0.1) is 21.1 Å². The molecule has 2 aliphatic rings. The van der Waals surface area contributed by atoms with Crippen LogP contribution < -0.4 is 9.47 Å². The first-order valence-corrected chi connectivity index (χ1v) is 8.32. The van der Waals surface area contributed by atoms with E-state index in [2.05, 4.69) is 0 Å². The standard InChI is InChI=1S/C24H29NO3/c1-27-22-14-19-13-20(24(26)21(19)15-23(22)28-2)12-17-8-10-25(11-9-17)16-18-6-4-3-5-7-18/h3-7,14-15,17,20H,8-13,16H2,1-2H3/i3D,4D,5D,6D,7D,8D2,9D2,10D2,11D2,12D2,13D2,17D. The summed E-state index contributed by atoms with van der Waals surface area (Å²) in [6, 6.07) is -2.37. The number of hydrogen-bond acceptors (Lipinski definition) is 4. The van der Waals surface area contributed by atoms with Gasteiger partial charge in [0.2, 0.25) is 0 Å². The third kappa shape index (κ3) is 3.93. The number of carbonyl (C=O) groups is 1. The minimum absolute atomic E-state index is 0.0634. The number of nitrogens with zero attached hydrogens (tertiary/aromatic N) is 1. The number of rotatable bonds is 6. The molecule has 4 rings (SSSR count).